The zero-order valence-corrected chi connectivity index (χ0v) is 13.0. The second-order valence-corrected chi connectivity index (χ2v) is 6.74. The van der Waals surface area contributed by atoms with Gasteiger partial charge in [0.15, 0.2) is 0 Å². The number of fused-ring (bicyclic) bond motifs is 1. The molecule has 0 saturated heterocycles. The highest BCUT2D eigenvalue weighted by Gasteiger charge is 2.39. The summed E-state index contributed by atoms with van der Waals surface area (Å²) in [5, 5.41) is 0. The summed E-state index contributed by atoms with van der Waals surface area (Å²) < 4.78 is 0. The van der Waals surface area contributed by atoms with E-state index in [0.29, 0.717) is 17.7 Å². The molecule has 21 heavy (non-hydrogen) atoms. The summed E-state index contributed by atoms with van der Waals surface area (Å²) in [5.74, 6) is -0.241. The van der Waals surface area contributed by atoms with Crippen LogP contribution in [0.4, 0.5) is 0 Å². The van der Waals surface area contributed by atoms with Crippen LogP contribution in [0.2, 0.25) is 0 Å². The minimum absolute atomic E-state index is 0.120. The highest BCUT2D eigenvalue weighted by molar-refractivity contribution is 7.12. The van der Waals surface area contributed by atoms with Gasteiger partial charge in [-0.2, -0.15) is 0 Å². The van der Waals surface area contributed by atoms with Crippen LogP contribution in [0.1, 0.15) is 42.5 Å². The van der Waals surface area contributed by atoms with Gasteiger partial charge in [-0.3, -0.25) is 14.5 Å². The van der Waals surface area contributed by atoms with Crippen molar-refractivity contribution in [3.63, 3.8) is 0 Å². The monoisotopic (exact) mass is 299 g/mol. The summed E-state index contributed by atoms with van der Waals surface area (Å²) in [6.07, 6.45) is 1.68. The Bertz CT molecular complexity index is 667. The number of carbonyl (C=O) groups is 2. The molecule has 0 radical (unpaired) electrons. The standard InChI is InChI=1S/C17H17NO2S/c1-11-14-15(12(2)21-11)17(20)18(16(14)19)10-6-9-13-7-4-3-5-8-13/h3-5,7-8H,6,9-10H2,1-2H3. The molecule has 4 heteroatoms. The Hall–Kier alpha value is -1.94. The topological polar surface area (TPSA) is 37.4 Å². The largest absolute Gasteiger partial charge is 0.274 e. The Morgan fingerprint density at radius 1 is 0.952 bits per heavy atom. The number of rotatable bonds is 4. The number of aryl methyl sites for hydroxylation is 3. The molecule has 1 aliphatic heterocycles. The van der Waals surface area contributed by atoms with Crippen molar-refractivity contribution >= 4 is 23.2 Å². The Morgan fingerprint density at radius 2 is 1.52 bits per heavy atom. The minimum atomic E-state index is -0.120. The first kappa shape index (κ1) is 14.0. The molecule has 0 N–H and O–H groups in total. The second-order valence-electron chi connectivity index (χ2n) is 5.32. The fraction of sp³-hybridized carbons (Fsp3) is 0.294. The molecule has 108 valence electrons. The number of benzene rings is 1. The van der Waals surface area contributed by atoms with E-state index in [1.807, 2.05) is 32.0 Å². The van der Waals surface area contributed by atoms with Crippen LogP contribution in [0, 0.1) is 13.8 Å². The molecular formula is C17H17NO2S. The third kappa shape index (κ3) is 2.40. The molecule has 1 aliphatic rings. The molecule has 1 aromatic carbocycles. The lowest BCUT2D eigenvalue weighted by Crippen LogP contribution is -2.31. The maximum absolute atomic E-state index is 12.4. The van der Waals surface area contributed by atoms with Crippen molar-refractivity contribution in [2.75, 3.05) is 6.54 Å². The van der Waals surface area contributed by atoms with E-state index >= 15 is 0 Å². The van der Waals surface area contributed by atoms with E-state index in [1.165, 1.54) is 21.8 Å². The number of carbonyl (C=O) groups excluding carboxylic acids is 2. The Balaban J connectivity index is 1.70. The Morgan fingerprint density at radius 3 is 2.10 bits per heavy atom. The molecule has 3 nitrogen and oxygen atoms in total. The van der Waals surface area contributed by atoms with Crippen LogP contribution in [-0.4, -0.2) is 23.3 Å². The summed E-state index contributed by atoms with van der Waals surface area (Å²) in [6.45, 7) is 4.31. The predicted molar refractivity (Wildman–Crippen MR) is 83.9 cm³/mol. The summed E-state index contributed by atoms with van der Waals surface area (Å²) in [5.41, 5.74) is 2.49. The maximum Gasteiger partial charge on any atom is 0.262 e. The van der Waals surface area contributed by atoms with Crippen molar-refractivity contribution < 1.29 is 9.59 Å². The predicted octanol–water partition coefficient (Wildman–Crippen LogP) is 3.59. The fourth-order valence-electron chi connectivity index (χ4n) is 2.85. The summed E-state index contributed by atoms with van der Waals surface area (Å²) in [7, 11) is 0. The first-order valence-electron chi connectivity index (χ1n) is 7.09. The van der Waals surface area contributed by atoms with Crippen LogP contribution in [-0.2, 0) is 6.42 Å². The molecule has 1 aromatic heterocycles. The minimum Gasteiger partial charge on any atom is -0.274 e. The van der Waals surface area contributed by atoms with Crippen LogP contribution in [0.15, 0.2) is 30.3 Å². The molecule has 3 rings (SSSR count). The van der Waals surface area contributed by atoms with Crippen LogP contribution < -0.4 is 0 Å². The summed E-state index contributed by atoms with van der Waals surface area (Å²) >= 11 is 1.53. The van der Waals surface area contributed by atoms with E-state index < -0.39 is 0 Å². The van der Waals surface area contributed by atoms with E-state index in [0.717, 1.165) is 22.6 Å². The number of amides is 2. The van der Waals surface area contributed by atoms with Gasteiger partial charge in [-0.05, 0) is 32.3 Å². The smallest absolute Gasteiger partial charge is 0.262 e. The van der Waals surface area contributed by atoms with Gasteiger partial charge in [0.25, 0.3) is 11.8 Å². The first-order valence-corrected chi connectivity index (χ1v) is 7.91. The molecule has 0 bridgehead atoms. The number of hydrogen-bond donors (Lipinski definition) is 0. The summed E-state index contributed by atoms with van der Waals surface area (Å²) in [4.78, 5) is 28.1. The van der Waals surface area contributed by atoms with Gasteiger partial charge in [0.05, 0.1) is 11.1 Å². The van der Waals surface area contributed by atoms with E-state index in [9.17, 15) is 9.59 Å². The van der Waals surface area contributed by atoms with Gasteiger partial charge in [-0.15, -0.1) is 11.3 Å². The van der Waals surface area contributed by atoms with Gasteiger partial charge in [0, 0.05) is 16.3 Å². The number of nitrogens with zero attached hydrogens (tertiary/aromatic N) is 1. The lowest BCUT2D eigenvalue weighted by Gasteiger charge is -2.14. The number of hydrogen-bond acceptors (Lipinski definition) is 3. The third-order valence-corrected chi connectivity index (χ3v) is 4.89. The molecular weight excluding hydrogens is 282 g/mol. The molecule has 0 fully saturated rings. The lowest BCUT2D eigenvalue weighted by atomic mass is 10.1. The van der Waals surface area contributed by atoms with E-state index in [4.69, 9.17) is 0 Å². The molecule has 0 unspecified atom stereocenters. The van der Waals surface area contributed by atoms with Crippen molar-refractivity contribution in [3.8, 4) is 0 Å². The number of imide groups is 1. The Labute approximate surface area is 128 Å². The molecule has 0 atom stereocenters. The normalized spacial score (nSPS) is 13.9. The van der Waals surface area contributed by atoms with Crippen molar-refractivity contribution in [3.05, 3.63) is 56.8 Å². The zero-order chi connectivity index (χ0) is 15.0. The van der Waals surface area contributed by atoms with Gasteiger partial charge in [-0.1, -0.05) is 30.3 Å². The van der Waals surface area contributed by atoms with Crippen LogP contribution >= 0.6 is 11.3 Å². The second kappa shape index (κ2) is 5.45. The van der Waals surface area contributed by atoms with Gasteiger partial charge in [-0.25, -0.2) is 0 Å². The zero-order valence-electron chi connectivity index (χ0n) is 12.2. The molecule has 2 heterocycles. The number of thiophene rings is 1. The molecule has 0 saturated carbocycles. The maximum atomic E-state index is 12.4. The molecule has 2 amide bonds. The molecule has 2 aromatic rings. The van der Waals surface area contributed by atoms with Crippen molar-refractivity contribution in [2.45, 2.75) is 26.7 Å². The van der Waals surface area contributed by atoms with Gasteiger partial charge in [0.2, 0.25) is 0 Å². The highest BCUT2D eigenvalue weighted by Crippen LogP contribution is 2.34. The van der Waals surface area contributed by atoms with E-state index in [2.05, 4.69) is 12.1 Å². The van der Waals surface area contributed by atoms with Crippen molar-refractivity contribution in [1.29, 1.82) is 0 Å². The summed E-state index contributed by atoms with van der Waals surface area (Å²) in [6, 6.07) is 10.1. The van der Waals surface area contributed by atoms with Crippen molar-refractivity contribution in [2.24, 2.45) is 0 Å². The van der Waals surface area contributed by atoms with Gasteiger partial charge in [0.1, 0.15) is 0 Å². The lowest BCUT2D eigenvalue weighted by molar-refractivity contribution is 0.0652. The average molecular weight is 299 g/mol. The quantitative estimate of drug-likeness (QED) is 0.809. The van der Waals surface area contributed by atoms with E-state index in [1.54, 1.807) is 0 Å². The molecule has 0 aliphatic carbocycles. The van der Waals surface area contributed by atoms with Crippen LogP contribution in [0.25, 0.3) is 0 Å². The Kier molecular flexibility index (Phi) is 3.64. The SMILES string of the molecule is Cc1sc(C)c2c1C(=O)N(CCCc1ccccc1)C2=O. The van der Waals surface area contributed by atoms with Crippen LogP contribution in [0.5, 0.6) is 0 Å². The average Bonchev–Trinajstić information content (AvgIpc) is 2.90. The van der Waals surface area contributed by atoms with Gasteiger partial charge < -0.3 is 0 Å². The highest BCUT2D eigenvalue weighted by atomic mass is 32.1. The van der Waals surface area contributed by atoms with Crippen LogP contribution in [0.3, 0.4) is 0 Å². The van der Waals surface area contributed by atoms with E-state index in [-0.39, 0.29) is 11.8 Å². The molecule has 0 spiro atoms. The van der Waals surface area contributed by atoms with Gasteiger partial charge >= 0.3 is 0 Å². The fourth-order valence-corrected chi connectivity index (χ4v) is 3.89. The third-order valence-electron chi connectivity index (χ3n) is 3.87. The van der Waals surface area contributed by atoms with Crippen molar-refractivity contribution in [1.82, 2.24) is 4.90 Å². The first-order chi connectivity index (χ1) is 10.1.